The van der Waals surface area contributed by atoms with Gasteiger partial charge in [-0.15, -0.1) is 0 Å². The minimum absolute atomic E-state index is 0.364. The van der Waals surface area contributed by atoms with Crippen LogP contribution in [0.1, 0.15) is 25.5 Å². The lowest BCUT2D eigenvalue weighted by Crippen LogP contribution is -2.45. The molecule has 0 aliphatic carbocycles. The molecule has 1 aliphatic rings. The molecule has 18 heavy (non-hydrogen) atoms. The number of aromatic nitrogens is 2. The number of rotatable bonds is 2. The fourth-order valence-corrected chi connectivity index (χ4v) is 2.99. The van der Waals surface area contributed by atoms with Gasteiger partial charge in [0.05, 0.1) is 9.26 Å². The van der Waals surface area contributed by atoms with E-state index in [4.69, 9.17) is 11.6 Å². The van der Waals surface area contributed by atoms with E-state index in [0.717, 1.165) is 41.4 Å². The average molecular weight is 381 g/mol. The van der Waals surface area contributed by atoms with Gasteiger partial charge in [-0.05, 0) is 35.6 Å². The summed E-state index contributed by atoms with van der Waals surface area (Å²) < 4.78 is 0.974. The zero-order valence-electron chi connectivity index (χ0n) is 11.0. The largest absolute Gasteiger partial charge is 0.338 e. The van der Waals surface area contributed by atoms with Crippen molar-refractivity contribution in [3.05, 3.63) is 14.4 Å². The van der Waals surface area contributed by atoms with Gasteiger partial charge in [0.2, 0.25) is 5.95 Å². The molecular formula is C12H18ClIN4. The molecule has 0 unspecified atom stereocenters. The van der Waals surface area contributed by atoms with Crippen LogP contribution in [0.4, 0.5) is 5.95 Å². The topological polar surface area (TPSA) is 32.3 Å². The number of nitrogens with zero attached hydrogens (tertiary/aromatic N) is 4. The van der Waals surface area contributed by atoms with Crippen molar-refractivity contribution in [1.29, 1.82) is 0 Å². The van der Waals surface area contributed by atoms with E-state index in [9.17, 15) is 0 Å². The molecule has 0 radical (unpaired) electrons. The van der Waals surface area contributed by atoms with Gasteiger partial charge in [-0.3, -0.25) is 0 Å². The highest BCUT2D eigenvalue weighted by atomic mass is 127. The molecule has 100 valence electrons. The highest BCUT2D eigenvalue weighted by Gasteiger charge is 2.20. The van der Waals surface area contributed by atoms with E-state index in [0.29, 0.717) is 11.1 Å². The number of anilines is 1. The van der Waals surface area contributed by atoms with Crippen molar-refractivity contribution >= 4 is 40.1 Å². The molecule has 0 amide bonds. The predicted octanol–water partition coefficient (Wildman–Crippen LogP) is 2.61. The Bertz CT molecular complexity index is 430. The third-order valence-electron chi connectivity index (χ3n) is 3.16. The molecule has 6 heteroatoms. The molecule has 2 heterocycles. The fourth-order valence-electron chi connectivity index (χ4n) is 1.95. The predicted molar refractivity (Wildman–Crippen MR) is 83.6 cm³/mol. The fraction of sp³-hybridized carbons (Fsp3) is 0.667. The first-order chi connectivity index (χ1) is 8.49. The Hall–Kier alpha value is -0.140. The summed E-state index contributed by atoms with van der Waals surface area (Å²) in [5.74, 6) is 1.14. The number of hydrogen-bond donors (Lipinski definition) is 0. The molecule has 0 spiro atoms. The Morgan fingerprint density at radius 1 is 1.17 bits per heavy atom. The summed E-state index contributed by atoms with van der Waals surface area (Å²) in [4.78, 5) is 13.6. The summed E-state index contributed by atoms with van der Waals surface area (Å²) in [6, 6.07) is 0. The Kier molecular flexibility index (Phi) is 4.66. The van der Waals surface area contributed by atoms with Crippen molar-refractivity contribution in [3.8, 4) is 0 Å². The Balaban J connectivity index is 2.28. The van der Waals surface area contributed by atoms with Gasteiger partial charge in [0, 0.05) is 26.2 Å². The second-order valence-corrected chi connectivity index (χ2v) is 6.40. The van der Waals surface area contributed by atoms with Gasteiger partial charge < -0.3 is 9.80 Å². The van der Waals surface area contributed by atoms with E-state index in [1.54, 1.807) is 0 Å². The number of halogens is 2. The van der Waals surface area contributed by atoms with E-state index < -0.39 is 0 Å². The van der Waals surface area contributed by atoms with Crippen LogP contribution in [0.3, 0.4) is 0 Å². The van der Waals surface area contributed by atoms with Crippen LogP contribution in [0.15, 0.2) is 0 Å². The Morgan fingerprint density at radius 2 is 1.78 bits per heavy atom. The Labute approximate surface area is 127 Å². The van der Waals surface area contributed by atoms with Crippen LogP contribution in [-0.2, 0) is 0 Å². The van der Waals surface area contributed by atoms with E-state index in [1.807, 2.05) is 0 Å². The summed E-state index contributed by atoms with van der Waals surface area (Å²) in [6.07, 6.45) is 0. The molecule has 0 saturated carbocycles. The summed E-state index contributed by atoms with van der Waals surface area (Å²) >= 11 is 8.44. The zero-order valence-corrected chi connectivity index (χ0v) is 13.9. The maximum atomic E-state index is 6.22. The van der Waals surface area contributed by atoms with Gasteiger partial charge in [0.1, 0.15) is 5.15 Å². The quantitative estimate of drug-likeness (QED) is 0.583. The molecule has 1 aromatic heterocycles. The molecule has 1 fully saturated rings. The molecule has 0 aromatic carbocycles. The van der Waals surface area contributed by atoms with Gasteiger partial charge in [-0.1, -0.05) is 25.4 Å². The van der Waals surface area contributed by atoms with Gasteiger partial charge in [-0.2, -0.15) is 4.98 Å². The maximum Gasteiger partial charge on any atom is 0.227 e. The van der Waals surface area contributed by atoms with Crippen molar-refractivity contribution in [2.24, 2.45) is 0 Å². The van der Waals surface area contributed by atoms with Crippen LogP contribution >= 0.6 is 34.2 Å². The van der Waals surface area contributed by atoms with Crippen LogP contribution in [-0.4, -0.2) is 48.1 Å². The van der Waals surface area contributed by atoms with Crippen molar-refractivity contribution in [2.45, 2.75) is 19.8 Å². The second kappa shape index (κ2) is 5.88. The average Bonchev–Trinajstić information content (AvgIpc) is 2.33. The van der Waals surface area contributed by atoms with Crippen LogP contribution in [0.25, 0.3) is 0 Å². The molecule has 1 aromatic rings. The maximum absolute atomic E-state index is 6.22. The van der Waals surface area contributed by atoms with E-state index >= 15 is 0 Å². The molecule has 0 atom stereocenters. The van der Waals surface area contributed by atoms with Crippen molar-refractivity contribution in [1.82, 2.24) is 14.9 Å². The molecular weight excluding hydrogens is 363 g/mol. The number of likely N-dealkylation sites (N-methyl/N-ethyl adjacent to an activating group) is 1. The van der Waals surface area contributed by atoms with E-state index in [-0.39, 0.29) is 0 Å². The van der Waals surface area contributed by atoms with Gasteiger partial charge in [0.25, 0.3) is 0 Å². The molecule has 2 rings (SSSR count). The van der Waals surface area contributed by atoms with Crippen LogP contribution in [0.5, 0.6) is 0 Å². The smallest absolute Gasteiger partial charge is 0.227 e. The van der Waals surface area contributed by atoms with Crippen LogP contribution in [0.2, 0.25) is 5.15 Å². The summed E-state index contributed by atoms with van der Waals surface area (Å²) in [5, 5.41) is 0.572. The SMILES string of the molecule is CC(C)c1nc(N2CCN(C)CC2)nc(Cl)c1I. The zero-order chi connectivity index (χ0) is 13.3. The number of piperazine rings is 1. The third-order valence-corrected chi connectivity index (χ3v) is 4.81. The lowest BCUT2D eigenvalue weighted by atomic mass is 10.1. The van der Waals surface area contributed by atoms with E-state index in [2.05, 4.69) is 63.3 Å². The molecule has 1 saturated heterocycles. The molecule has 4 nitrogen and oxygen atoms in total. The minimum atomic E-state index is 0.364. The second-order valence-electron chi connectivity index (χ2n) is 4.96. The third kappa shape index (κ3) is 3.05. The highest BCUT2D eigenvalue weighted by molar-refractivity contribution is 14.1. The van der Waals surface area contributed by atoms with Gasteiger partial charge in [0.15, 0.2) is 0 Å². The standard InChI is InChI=1S/C12H18ClIN4/c1-8(2)10-9(14)11(13)16-12(15-10)18-6-4-17(3)5-7-18/h8H,4-7H2,1-3H3. The van der Waals surface area contributed by atoms with Crippen LogP contribution < -0.4 is 4.90 Å². The summed E-state index contributed by atoms with van der Waals surface area (Å²) in [5.41, 5.74) is 1.05. The normalized spacial score (nSPS) is 17.6. The number of hydrogen-bond acceptors (Lipinski definition) is 4. The first kappa shape index (κ1) is 14.3. The molecule has 0 bridgehead atoms. The lowest BCUT2D eigenvalue weighted by molar-refractivity contribution is 0.311. The highest BCUT2D eigenvalue weighted by Crippen LogP contribution is 2.27. The first-order valence-electron chi connectivity index (χ1n) is 6.15. The van der Waals surface area contributed by atoms with Gasteiger partial charge in [-0.25, -0.2) is 4.98 Å². The van der Waals surface area contributed by atoms with Crippen molar-refractivity contribution < 1.29 is 0 Å². The first-order valence-corrected chi connectivity index (χ1v) is 7.61. The van der Waals surface area contributed by atoms with Crippen molar-refractivity contribution in [2.75, 3.05) is 38.1 Å². The molecule has 1 aliphatic heterocycles. The lowest BCUT2D eigenvalue weighted by Gasteiger charge is -2.32. The summed E-state index contributed by atoms with van der Waals surface area (Å²) in [7, 11) is 2.14. The minimum Gasteiger partial charge on any atom is -0.338 e. The van der Waals surface area contributed by atoms with Crippen LogP contribution in [0, 0.1) is 3.57 Å². The molecule has 0 N–H and O–H groups in total. The van der Waals surface area contributed by atoms with Gasteiger partial charge >= 0.3 is 0 Å². The van der Waals surface area contributed by atoms with Crippen molar-refractivity contribution in [3.63, 3.8) is 0 Å². The summed E-state index contributed by atoms with van der Waals surface area (Å²) in [6.45, 7) is 8.28. The van der Waals surface area contributed by atoms with E-state index in [1.165, 1.54) is 0 Å². The monoisotopic (exact) mass is 380 g/mol. The Morgan fingerprint density at radius 3 is 2.33 bits per heavy atom.